The lowest BCUT2D eigenvalue weighted by Gasteiger charge is -2.25. The summed E-state index contributed by atoms with van der Waals surface area (Å²) in [6.45, 7) is 3.92. The summed E-state index contributed by atoms with van der Waals surface area (Å²) >= 11 is 0. The van der Waals surface area contributed by atoms with Gasteiger partial charge in [-0.15, -0.1) is 0 Å². The van der Waals surface area contributed by atoms with E-state index in [-0.39, 0.29) is 19.6 Å². The normalized spacial score (nSPS) is 12.9. The summed E-state index contributed by atoms with van der Waals surface area (Å²) in [5.41, 5.74) is 0. The van der Waals surface area contributed by atoms with Crippen LogP contribution in [0.2, 0.25) is 0 Å². The molecule has 174 valence electrons. The number of carbonyl (C=O) groups is 4. The number of nitrogens with one attached hydrogen (secondary N) is 2. The van der Waals surface area contributed by atoms with Crippen LogP contribution in [0.5, 0.6) is 0 Å². The standard InChI is InChI=1S/C19H35N3O8/c1-3-7-14(4-2)20-10-11-30-19(29)21-9-6-5-8-15(18(27)28)22(12-16(23)24)13-17(25)26/h14-15,20H,3-13H2,1-2H3,(H,21,29)(H,23,24)(H,25,26)(H,27,28). The maximum absolute atomic E-state index is 11.6. The first-order valence-electron chi connectivity index (χ1n) is 10.3. The van der Waals surface area contributed by atoms with Gasteiger partial charge in [0, 0.05) is 19.1 Å². The van der Waals surface area contributed by atoms with Crippen molar-refractivity contribution in [2.45, 2.75) is 64.5 Å². The lowest BCUT2D eigenvalue weighted by molar-refractivity contribution is -0.149. The third-order valence-electron chi connectivity index (χ3n) is 4.47. The van der Waals surface area contributed by atoms with E-state index in [1.165, 1.54) is 0 Å². The van der Waals surface area contributed by atoms with E-state index < -0.39 is 43.1 Å². The molecule has 2 atom stereocenters. The Bertz CT molecular complexity index is 528. The summed E-state index contributed by atoms with van der Waals surface area (Å²) in [5, 5.41) is 32.9. The number of unbranched alkanes of at least 4 members (excludes halogenated alkanes) is 1. The molecule has 0 heterocycles. The smallest absolute Gasteiger partial charge is 0.407 e. The molecule has 0 aliphatic rings. The van der Waals surface area contributed by atoms with Crippen molar-refractivity contribution in [3.63, 3.8) is 0 Å². The Morgan fingerprint density at radius 2 is 1.57 bits per heavy atom. The number of hydrogen-bond acceptors (Lipinski definition) is 7. The summed E-state index contributed by atoms with van der Waals surface area (Å²) in [6, 6.07) is -0.824. The zero-order valence-corrected chi connectivity index (χ0v) is 17.8. The first-order valence-corrected chi connectivity index (χ1v) is 10.3. The zero-order valence-electron chi connectivity index (χ0n) is 17.8. The predicted octanol–water partition coefficient (Wildman–Crippen LogP) is 0.976. The fourth-order valence-corrected chi connectivity index (χ4v) is 3.00. The molecule has 11 heteroatoms. The van der Waals surface area contributed by atoms with Gasteiger partial charge in [-0.3, -0.25) is 19.3 Å². The van der Waals surface area contributed by atoms with Crippen molar-refractivity contribution in [1.29, 1.82) is 0 Å². The highest BCUT2D eigenvalue weighted by atomic mass is 16.5. The second kappa shape index (κ2) is 16.4. The molecule has 0 fully saturated rings. The third-order valence-corrected chi connectivity index (χ3v) is 4.47. The summed E-state index contributed by atoms with van der Waals surface area (Å²) in [6.07, 6.45) is 3.47. The van der Waals surface area contributed by atoms with E-state index in [9.17, 15) is 24.3 Å². The molecule has 11 nitrogen and oxygen atoms in total. The van der Waals surface area contributed by atoms with Crippen LogP contribution in [0.15, 0.2) is 0 Å². The number of rotatable bonds is 18. The van der Waals surface area contributed by atoms with Gasteiger partial charge in [-0.1, -0.05) is 20.3 Å². The van der Waals surface area contributed by atoms with Crippen LogP contribution in [-0.2, 0) is 19.1 Å². The summed E-state index contributed by atoms with van der Waals surface area (Å²) < 4.78 is 5.06. The van der Waals surface area contributed by atoms with Crippen LogP contribution >= 0.6 is 0 Å². The van der Waals surface area contributed by atoms with Gasteiger partial charge in [0.15, 0.2) is 0 Å². The van der Waals surface area contributed by atoms with Crippen LogP contribution in [0, 0.1) is 0 Å². The topological polar surface area (TPSA) is 165 Å². The molecular formula is C19H35N3O8. The van der Waals surface area contributed by atoms with E-state index in [4.69, 9.17) is 14.9 Å². The maximum atomic E-state index is 11.6. The van der Waals surface area contributed by atoms with Crippen molar-refractivity contribution in [3.05, 3.63) is 0 Å². The minimum atomic E-state index is -1.30. The molecule has 1 amide bonds. The highest BCUT2D eigenvalue weighted by molar-refractivity contribution is 5.78. The average Bonchev–Trinajstić information content (AvgIpc) is 2.65. The fraction of sp³-hybridized carbons (Fsp3) is 0.789. The lowest BCUT2D eigenvalue weighted by atomic mass is 10.1. The van der Waals surface area contributed by atoms with Crippen LogP contribution < -0.4 is 10.6 Å². The average molecular weight is 434 g/mol. The first-order chi connectivity index (χ1) is 14.2. The van der Waals surface area contributed by atoms with E-state index in [0.717, 1.165) is 24.2 Å². The molecule has 0 aliphatic carbocycles. The molecule has 5 N–H and O–H groups in total. The number of amides is 1. The van der Waals surface area contributed by atoms with Crippen LogP contribution in [-0.4, -0.2) is 89.1 Å². The van der Waals surface area contributed by atoms with E-state index in [1.54, 1.807) is 0 Å². The number of carbonyl (C=O) groups excluding carboxylic acids is 1. The molecule has 0 aromatic heterocycles. The van der Waals surface area contributed by atoms with Gasteiger partial charge in [0.25, 0.3) is 0 Å². The van der Waals surface area contributed by atoms with Gasteiger partial charge in [-0.25, -0.2) is 4.79 Å². The number of ether oxygens (including phenoxy) is 1. The molecule has 2 unspecified atom stereocenters. The maximum Gasteiger partial charge on any atom is 0.407 e. The number of hydrogen-bond donors (Lipinski definition) is 5. The van der Waals surface area contributed by atoms with E-state index in [0.29, 0.717) is 25.4 Å². The van der Waals surface area contributed by atoms with E-state index in [2.05, 4.69) is 24.5 Å². The highest BCUT2D eigenvalue weighted by Crippen LogP contribution is 2.10. The van der Waals surface area contributed by atoms with Crippen molar-refractivity contribution in [1.82, 2.24) is 15.5 Å². The Hall–Kier alpha value is -2.40. The molecule has 0 aliphatic heterocycles. The first kappa shape index (κ1) is 27.6. The Labute approximate surface area is 176 Å². The molecule has 0 aromatic carbocycles. The molecule has 0 spiro atoms. The second-order valence-corrected chi connectivity index (χ2v) is 6.95. The molecule has 0 radical (unpaired) electrons. The number of nitrogens with zero attached hydrogens (tertiary/aromatic N) is 1. The van der Waals surface area contributed by atoms with Crippen molar-refractivity contribution in [3.8, 4) is 0 Å². The molecule has 0 saturated heterocycles. The van der Waals surface area contributed by atoms with Crippen molar-refractivity contribution in [2.24, 2.45) is 0 Å². The highest BCUT2D eigenvalue weighted by Gasteiger charge is 2.28. The molecule has 0 bridgehead atoms. The van der Waals surface area contributed by atoms with Gasteiger partial charge in [0.2, 0.25) is 0 Å². The van der Waals surface area contributed by atoms with Crippen LogP contribution in [0.1, 0.15) is 52.4 Å². The number of carboxylic acids is 3. The van der Waals surface area contributed by atoms with Gasteiger partial charge in [-0.05, 0) is 32.1 Å². The fourth-order valence-electron chi connectivity index (χ4n) is 3.00. The largest absolute Gasteiger partial charge is 0.480 e. The molecular weight excluding hydrogens is 398 g/mol. The SMILES string of the molecule is CCCC(CC)NCCOC(=O)NCCCCC(C(=O)O)N(CC(=O)O)CC(=O)O. The quantitative estimate of drug-likeness (QED) is 0.197. The van der Waals surface area contributed by atoms with E-state index >= 15 is 0 Å². The monoisotopic (exact) mass is 433 g/mol. The Kier molecular flexibility index (Phi) is 15.1. The van der Waals surface area contributed by atoms with Gasteiger partial charge in [0.05, 0.1) is 13.1 Å². The summed E-state index contributed by atoms with van der Waals surface area (Å²) in [7, 11) is 0. The van der Waals surface area contributed by atoms with Gasteiger partial charge >= 0.3 is 24.0 Å². The Morgan fingerprint density at radius 3 is 2.07 bits per heavy atom. The Morgan fingerprint density at radius 1 is 0.933 bits per heavy atom. The second-order valence-electron chi connectivity index (χ2n) is 6.95. The van der Waals surface area contributed by atoms with Crippen molar-refractivity contribution in [2.75, 3.05) is 32.8 Å². The lowest BCUT2D eigenvalue weighted by Crippen LogP contribution is -2.46. The molecule has 30 heavy (non-hydrogen) atoms. The number of aliphatic carboxylic acids is 3. The minimum Gasteiger partial charge on any atom is -0.480 e. The van der Waals surface area contributed by atoms with Gasteiger partial charge in [-0.2, -0.15) is 0 Å². The molecule has 0 aromatic rings. The Balaban J connectivity index is 4.16. The van der Waals surface area contributed by atoms with Crippen LogP contribution in [0.4, 0.5) is 4.79 Å². The predicted molar refractivity (Wildman–Crippen MR) is 108 cm³/mol. The molecule has 0 saturated carbocycles. The minimum absolute atomic E-state index is 0.0619. The third kappa shape index (κ3) is 13.7. The number of carboxylic acid groups (broad SMARTS) is 3. The number of alkyl carbamates (subject to hydrolysis) is 1. The summed E-state index contributed by atoms with van der Waals surface area (Å²) in [4.78, 5) is 45.7. The van der Waals surface area contributed by atoms with Crippen molar-refractivity contribution < 1.29 is 39.2 Å². The van der Waals surface area contributed by atoms with Gasteiger partial charge in [0.1, 0.15) is 12.6 Å². The summed E-state index contributed by atoms with van der Waals surface area (Å²) in [5.74, 6) is -3.89. The van der Waals surface area contributed by atoms with Crippen LogP contribution in [0.3, 0.4) is 0 Å². The molecule has 0 rings (SSSR count). The van der Waals surface area contributed by atoms with Gasteiger partial charge < -0.3 is 30.7 Å². The van der Waals surface area contributed by atoms with E-state index in [1.807, 2.05) is 0 Å². The van der Waals surface area contributed by atoms with Crippen molar-refractivity contribution >= 4 is 24.0 Å². The zero-order chi connectivity index (χ0) is 22.9. The van der Waals surface area contributed by atoms with Crippen LogP contribution in [0.25, 0.3) is 0 Å².